The number of hydrogen-bond acceptors (Lipinski definition) is 4. The number of hydrogen-bond donors (Lipinski definition) is 1. The predicted molar refractivity (Wildman–Crippen MR) is 80.9 cm³/mol. The first-order valence-electron chi connectivity index (χ1n) is 6.08. The highest BCUT2D eigenvalue weighted by Gasteiger charge is 2.11. The van der Waals surface area contributed by atoms with Crippen LogP contribution in [0.3, 0.4) is 0 Å². The van der Waals surface area contributed by atoms with Crippen LogP contribution in [0.25, 0.3) is 6.08 Å². The van der Waals surface area contributed by atoms with Gasteiger partial charge in [0, 0.05) is 18.2 Å². The summed E-state index contributed by atoms with van der Waals surface area (Å²) in [6.45, 7) is 0. The molecule has 0 aliphatic heterocycles. The summed E-state index contributed by atoms with van der Waals surface area (Å²) in [6, 6.07) is 6.65. The zero-order valence-electron chi connectivity index (χ0n) is 11.6. The summed E-state index contributed by atoms with van der Waals surface area (Å²) in [5, 5.41) is 3.02. The maximum absolute atomic E-state index is 11.8. The molecule has 21 heavy (non-hydrogen) atoms. The molecular weight excluding hydrogens is 294 g/mol. The van der Waals surface area contributed by atoms with Crippen molar-refractivity contribution in [2.75, 3.05) is 19.5 Å². The van der Waals surface area contributed by atoms with Crippen molar-refractivity contribution in [3.05, 3.63) is 47.4 Å². The van der Waals surface area contributed by atoms with Gasteiger partial charge in [-0.1, -0.05) is 11.6 Å². The molecule has 110 valence electrons. The summed E-state index contributed by atoms with van der Waals surface area (Å²) in [6.07, 6.45) is 4.44. The Morgan fingerprint density at radius 2 is 2.00 bits per heavy atom. The fourth-order valence-electron chi connectivity index (χ4n) is 1.67. The highest BCUT2D eigenvalue weighted by molar-refractivity contribution is 6.34. The Labute approximate surface area is 127 Å². The van der Waals surface area contributed by atoms with Crippen molar-refractivity contribution in [2.24, 2.45) is 0 Å². The van der Waals surface area contributed by atoms with E-state index in [9.17, 15) is 4.79 Å². The third kappa shape index (κ3) is 3.79. The summed E-state index contributed by atoms with van der Waals surface area (Å²) in [4.78, 5) is 11.8. The van der Waals surface area contributed by atoms with Crippen molar-refractivity contribution in [1.29, 1.82) is 0 Å². The Morgan fingerprint density at radius 1 is 1.29 bits per heavy atom. The number of rotatable bonds is 5. The van der Waals surface area contributed by atoms with E-state index in [1.807, 2.05) is 0 Å². The number of methoxy groups -OCH3 is 2. The van der Waals surface area contributed by atoms with Crippen LogP contribution in [0.2, 0.25) is 5.02 Å². The van der Waals surface area contributed by atoms with Crippen molar-refractivity contribution < 1.29 is 18.7 Å². The molecule has 1 heterocycles. The smallest absolute Gasteiger partial charge is 0.248 e. The molecule has 0 aliphatic carbocycles. The molecule has 0 bridgehead atoms. The lowest BCUT2D eigenvalue weighted by Crippen LogP contribution is -2.08. The van der Waals surface area contributed by atoms with E-state index >= 15 is 0 Å². The van der Waals surface area contributed by atoms with Crippen LogP contribution < -0.4 is 14.8 Å². The summed E-state index contributed by atoms with van der Waals surface area (Å²) in [5.74, 6) is 1.22. The molecular formula is C15H14ClNO4. The molecule has 0 unspecified atom stereocenters. The Bertz CT molecular complexity index is 650. The van der Waals surface area contributed by atoms with Gasteiger partial charge in [0.25, 0.3) is 0 Å². The lowest BCUT2D eigenvalue weighted by molar-refractivity contribution is -0.111. The summed E-state index contributed by atoms with van der Waals surface area (Å²) < 4.78 is 15.4. The average molecular weight is 308 g/mol. The minimum absolute atomic E-state index is 0.333. The van der Waals surface area contributed by atoms with Crippen LogP contribution in [0.15, 0.2) is 41.0 Å². The third-order valence-corrected chi connectivity index (χ3v) is 2.99. The maximum Gasteiger partial charge on any atom is 0.248 e. The van der Waals surface area contributed by atoms with Gasteiger partial charge in [0.1, 0.15) is 5.76 Å². The molecule has 1 N–H and O–H groups in total. The molecule has 0 atom stereocenters. The summed E-state index contributed by atoms with van der Waals surface area (Å²) in [7, 11) is 3.02. The zero-order valence-corrected chi connectivity index (χ0v) is 12.3. The molecule has 1 aromatic carbocycles. The van der Waals surface area contributed by atoms with Gasteiger partial charge < -0.3 is 19.2 Å². The van der Waals surface area contributed by atoms with Gasteiger partial charge in [-0.05, 0) is 18.2 Å². The topological polar surface area (TPSA) is 60.7 Å². The maximum atomic E-state index is 11.8. The Hall–Kier alpha value is -2.40. The van der Waals surface area contributed by atoms with Crippen molar-refractivity contribution in [1.82, 2.24) is 0 Å². The van der Waals surface area contributed by atoms with Gasteiger partial charge in [-0.25, -0.2) is 0 Å². The van der Waals surface area contributed by atoms with Gasteiger partial charge in [0.05, 0.1) is 31.2 Å². The second-order valence-electron chi connectivity index (χ2n) is 4.03. The van der Waals surface area contributed by atoms with Crippen molar-refractivity contribution in [2.45, 2.75) is 0 Å². The molecule has 0 saturated heterocycles. The van der Waals surface area contributed by atoms with Gasteiger partial charge in [-0.3, -0.25) is 4.79 Å². The van der Waals surface area contributed by atoms with Crippen LogP contribution in [-0.4, -0.2) is 20.1 Å². The van der Waals surface area contributed by atoms with Gasteiger partial charge >= 0.3 is 0 Å². The number of furan rings is 1. The molecule has 1 aromatic heterocycles. The molecule has 0 spiro atoms. The molecule has 0 aliphatic rings. The fraction of sp³-hybridized carbons (Fsp3) is 0.133. The number of amides is 1. The van der Waals surface area contributed by atoms with Gasteiger partial charge in [0.15, 0.2) is 11.5 Å². The molecule has 2 rings (SSSR count). The Morgan fingerprint density at radius 3 is 2.62 bits per heavy atom. The number of carbonyl (C=O) groups excluding carboxylic acids is 1. The molecule has 1 amide bonds. The zero-order chi connectivity index (χ0) is 15.2. The normalized spacial score (nSPS) is 10.6. The highest BCUT2D eigenvalue weighted by atomic mass is 35.5. The van der Waals surface area contributed by atoms with Crippen LogP contribution in [0.1, 0.15) is 5.76 Å². The predicted octanol–water partition coefficient (Wildman–Crippen LogP) is 3.60. The number of nitrogens with one attached hydrogen (secondary N) is 1. The largest absolute Gasteiger partial charge is 0.493 e. The van der Waals surface area contributed by atoms with E-state index in [2.05, 4.69) is 5.32 Å². The second-order valence-corrected chi connectivity index (χ2v) is 4.43. The average Bonchev–Trinajstić information content (AvgIpc) is 3.00. The first-order valence-corrected chi connectivity index (χ1v) is 6.46. The Kier molecular flexibility index (Phi) is 4.90. The van der Waals surface area contributed by atoms with Crippen molar-refractivity contribution >= 4 is 29.3 Å². The number of benzene rings is 1. The number of halogens is 1. The van der Waals surface area contributed by atoms with E-state index in [0.717, 1.165) is 0 Å². The van der Waals surface area contributed by atoms with Crippen LogP contribution in [0.4, 0.5) is 5.69 Å². The molecule has 0 fully saturated rings. The third-order valence-electron chi connectivity index (χ3n) is 2.67. The summed E-state index contributed by atoms with van der Waals surface area (Å²) >= 11 is 6.09. The van der Waals surface area contributed by atoms with Gasteiger partial charge in [-0.2, -0.15) is 0 Å². The molecule has 0 radical (unpaired) electrons. The van der Waals surface area contributed by atoms with E-state index in [1.165, 1.54) is 26.6 Å². The minimum Gasteiger partial charge on any atom is -0.493 e. The van der Waals surface area contributed by atoms with Gasteiger partial charge in [-0.15, -0.1) is 0 Å². The highest BCUT2D eigenvalue weighted by Crippen LogP contribution is 2.35. The lowest BCUT2D eigenvalue weighted by atomic mass is 10.2. The SMILES string of the molecule is COc1cc(Cl)c(NC(=O)C=Cc2ccco2)cc1OC. The first kappa shape index (κ1) is 15.0. The van der Waals surface area contributed by atoms with Crippen LogP contribution in [0, 0.1) is 0 Å². The second kappa shape index (κ2) is 6.85. The van der Waals surface area contributed by atoms with E-state index in [1.54, 1.807) is 30.3 Å². The standard InChI is InChI=1S/C15H14ClNO4/c1-19-13-8-11(16)12(9-14(13)20-2)17-15(18)6-5-10-4-3-7-21-10/h3-9H,1-2H3,(H,17,18). The van der Waals surface area contributed by atoms with Crippen molar-refractivity contribution in [3.8, 4) is 11.5 Å². The number of ether oxygens (including phenoxy) is 2. The monoisotopic (exact) mass is 307 g/mol. The van der Waals surface area contributed by atoms with E-state index in [-0.39, 0.29) is 5.91 Å². The molecule has 6 heteroatoms. The van der Waals surface area contributed by atoms with Crippen LogP contribution in [-0.2, 0) is 4.79 Å². The van der Waals surface area contributed by atoms with Crippen LogP contribution in [0.5, 0.6) is 11.5 Å². The quantitative estimate of drug-likeness (QED) is 0.857. The Balaban J connectivity index is 2.13. The molecule has 5 nitrogen and oxygen atoms in total. The number of anilines is 1. The van der Waals surface area contributed by atoms with E-state index in [0.29, 0.717) is 28.0 Å². The number of carbonyl (C=O) groups is 1. The van der Waals surface area contributed by atoms with Crippen LogP contribution >= 0.6 is 11.6 Å². The van der Waals surface area contributed by atoms with E-state index < -0.39 is 0 Å². The first-order chi connectivity index (χ1) is 10.1. The van der Waals surface area contributed by atoms with Crippen molar-refractivity contribution in [3.63, 3.8) is 0 Å². The molecule has 0 saturated carbocycles. The fourth-order valence-corrected chi connectivity index (χ4v) is 1.87. The molecule has 2 aromatic rings. The van der Waals surface area contributed by atoms with E-state index in [4.69, 9.17) is 25.5 Å². The lowest BCUT2D eigenvalue weighted by Gasteiger charge is -2.11. The van der Waals surface area contributed by atoms with Gasteiger partial charge in [0.2, 0.25) is 5.91 Å². The summed E-state index contributed by atoms with van der Waals surface area (Å²) in [5.41, 5.74) is 0.434. The minimum atomic E-state index is -0.333.